The molecule has 0 atom stereocenters. The minimum atomic E-state index is -0.305. The summed E-state index contributed by atoms with van der Waals surface area (Å²) in [5.41, 5.74) is 8.18. The van der Waals surface area contributed by atoms with Crippen LogP contribution in [0.3, 0.4) is 0 Å². The van der Waals surface area contributed by atoms with Crippen LogP contribution in [0, 0.1) is 0 Å². The minimum Gasteiger partial charge on any atom is -0.454 e. The SMILES string of the molecule is CCc1[nH]nc(C(=O)NCc2ccc3c(c2)OCO3)c1N. The second-order valence-electron chi connectivity index (χ2n) is 4.69. The van der Waals surface area contributed by atoms with E-state index in [2.05, 4.69) is 15.5 Å². The average Bonchev–Trinajstić information content (AvgIpc) is 3.10. The summed E-state index contributed by atoms with van der Waals surface area (Å²) in [7, 11) is 0. The first-order chi connectivity index (χ1) is 10.2. The summed E-state index contributed by atoms with van der Waals surface area (Å²) in [4.78, 5) is 12.1. The van der Waals surface area contributed by atoms with Gasteiger partial charge in [-0.15, -0.1) is 0 Å². The van der Waals surface area contributed by atoms with Gasteiger partial charge in [-0.3, -0.25) is 9.89 Å². The number of hydrogen-bond acceptors (Lipinski definition) is 5. The molecule has 4 N–H and O–H groups in total. The summed E-state index contributed by atoms with van der Waals surface area (Å²) in [5, 5.41) is 9.50. The largest absolute Gasteiger partial charge is 0.454 e. The number of anilines is 1. The maximum absolute atomic E-state index is 12.1. The van der Waals surface area contributed by atoms with Crippen LogP contribution in [0.4, 0.5) is 5.69 Å². The number of ether oxygens (including phenoxy) is 2. The Morgan fingerprint density at radius 1 is 1.43 bits per heavy atom. The maximum atomic E-state index is 12.1. The van der Waals surface area contributed by atoms with E-state index >= 15 is 0 Å². The Balaban J connectivity index is 1.67. The Morgan fingerprint density at radius 2 is 2.24 bits per heavy atom. The zero-order valence-electron chi connectivity index (χ0n) is 11.6. The van der Waals surface area contributed by atoms with Gasteiger partial charge >= 0.3 is 0 Å². The van der Waals surface area contributed by atoms with E-state index in [1.54, 1.807) is 0 Å². The van der Waals surface area contributed by atoms with Crippen molar-refractivity contribution >= 4 is 11.6 Å². The number of nitrogens with zero attached hydrogens (tertiary/aromatic N) is 1. The molecule has 0 saturated carbocycles. The molecule has 2 aromatic rings. The molecule has 0 saturated heterocycles. The number of fused-ring (bicyclic) bond motifs is 1. The molecule has 1 aromatic heterocycles. The Labute approximate surface area is 121 Å². The van der Waals surface area contributed by atoms with E-state index in [4.69, 9.17) is 15.2 Å². The van der Waals surface area contributed by atoms with Gasteiger partial charge in [0.1, 0.15) is 0 Å². The van der Waals surface area contributed by atoms with E-state index in [9.17, 15) is 4.79 Å². The predicted molar refractivity (Wildman–Crippen MR) is 76.1 cm³/mol. The molecule has 0 bridgehead atoms. The number of carbonyl (C=O) groups excluding carboxylic acids is 1. The highest BCUT2D eigenvalue weighted by molar-refractivity contribution is 5.97. The van der Waals surface area contributed by atoms with Gasteiger partial charge in [0.2, 0.25) is 6.79 Å². The summed E-state index contributed by atoms with van der Waals surface area (Å²) >= 11 is 0. The highest BCUT2D eigenvalue weighted by atomic mass is 16.7. The first-order valence-corrected chi connectivity index (χ1v) is 6.68. The topological polar surface area (TPSA) is 102 Å². The fourth-order valence-corrected chi connectivity index (χ4v) is 2.15. The Bertz CT molecular complexity index is 681. The fraction of sp³-hybridized carbons (Fsp3) is 0.286. The van der Waals surface area contributed by atoms with Crippen LogP contribution in [0.15, 0.2) is 18.2 Å². The molecular formula is C14H16N4O3. The standard InChI is InChI=1S/C14H16N4O3/c1-2-9-12(15)13(18-17-9)14(19)16-6-8-3-4-10-11(5-8)21-7-20-10/h3-5H,2,6-7,15H2,1H3,(H,16,19)(H,17,18). The average molecular weight is 288 g/mol. The molecular weight excluding hydrogens is 272 g/mol. The van der Waals surface area contributed by atoms with Crippen LogP contribution < -0.4 is 20.5 Å². The Morgan fingerprint density at radius 3 is 3.00 bits per heavy atom. The lowest BCUT2D eigenvalue weighted by Crippen LogP contribution is -2.24. The van der Waals surface area contributed by atoms with Crippen LogP contribution in [0.25, 0.3) is 0 Å². The van der Waals surface area contributed by atoms with E-state index in [-0.39, 0.29) is 18.4 Å². The van der Waals surface area contributed by atoms with E-state index in [1.165, 1.54) is 0 Å². The van der Waals surface area contributed by atoms with Gasteiger partial charge in [0.15, 0.2) is 17.2 Å². The highest BCUT2D eigenvalue weighted by Crippen LogP contribution is 2.32. The molecule has 0 spiro atoms. The number of H-pyrrole nitrogens is 1. The lowest BCUT2D eigenvalue weighted by atomic mass is 10.2. The van der Waals surface area contributed by atoms with Crippen LogP contribution in [-0.4, -0.2) is 22.9 Å². The molecule has 21 heavy (non-hydrogen) atoms. The molecule has 0 radical (unpaired) electrons. The number of amides is 1. The molecule has 1 aliphatic rings. The van der Waals surface area contributed by atoms with Crippen LogP contribution in [-0.2, 0) is 13.0 Å². The third-order valence-corrected chi connectivity index (χ3v) is 3.34. The van der Waals surface area contributed by atoms with Gasteiger partial charge in [-0.25, -0.2) is 0 Å². The summed E-state index contributed by atoms with van der Waals surface area (Å²) < 4.78 is 10.5. The first kappa shape index (κ1) is 13.3. The number of aromatic nitrogens is 2. The van der Waals surface area contributed by atoms with Gasteiger partial charge in [-0.1, -0.05) is 13.0 Å². The number of aromatic amines is 1. The quantitative estimate of drug-likeness (QED) is 0.785. The molecule has 3 rings (SSSR count). The van der Waals surface area contributed by atoms with Gasteiger partial charge < -0.3 is 20.5 Å². The number of carbonyl (C=O) groups is 1. The molecule has 0 aliphatic carbocycles. The van der Waals surface area contributed by atoms with Gasteiger partial charge in [0.05, 0.1) is 11.4 Å². The Kier molecular flexibility index (Phi) is 3.39. The monoisotopic (exact) mass is 288 g/mol. The normalized spacial score (nSPS) is 12.4. The van der Waals surface area contributed by atoms with E-state index in [0.29, 0.717) is 30.2 Å². The van der Waals surface area contributed by atoms with Crippen molar-refractivity contribution in [3.05, 3.63) is 35.2 Å². The smallest absolute Gasteiger partial charge is 0.274 e. The molecule has 1 aromatic carbocycles. The van der Waals surface area contributed by atoms with Gasteiger partial charge in [-0.05, 0) is 24.1 Å². The molecule has 1 aliphatic heterocycles. The summed E-state index contributed by atoms with van der Waals surface area (Å²) in [6.45, 7) is 2.54. The molecule has 7 heteroatoms. The molecule has 0 fully saturated rings. The van der Waals surface area contributed by atoms with Crippen LogP contribution in [0.5, 0.6) is 11.5 Å². The summed E-state index contributed by atoms with van der Waals surface area (Å²) in [6, 6.07) is 5.54. The number of nitrogen functional groups attached to an aromatic ring is 1. The zero-order chi connectivity index (χ0) is 14.8. The third kappa shape index (κ3) is 2.49. The molecule has 1 amide bonds. The number of aryl methyl sites for hydroxylation is 1. The van der Waals surface area contributed by atoms with Crippen molar-refractivity contribution in [3.63, 3.8) is 0 Å². The van der Waals surface area contributed by atoms with Crippen LogP contribution in [0.2, 0.25) is 0 Å². The van der Waals surface area contributed by atoms with Crippen molar-refractivity contribution in [1.82, 2.24) is 15.5 Å². The zero-order valence-corrected chi connectivity index (χ0v) is 11.6. The van der Waals surface area contributed by atoms with Crippen molar-refractivity contribution < 1.29 is 14.3 Å². The van der Waals surface area contributed by atoms with Crippen molar-refractivity contribution in [2.45, 2.75) is 19.9 Å². The molecule has 110 valence electrons. The first-order valence-electron chi connectivity index (χ1n) is 6.68. The second-order valence-corrected chi connectivity index (χ2v) is 4.69. The van der Waals surface area contributed by atoms with Gasteiger partial charge in [-0.2, -0.15) is 5.10 Å². The Hall–Kier alpha value is -2.70. The number of benzene rings is 1. The predicted octanol–water partition coefficient (Wildman–Crippen LogP) is 1.21. The second kappa shape index (κ2) is 5.35. The summed E-state index contributed by atoms with van der Waals surface area (Å²) in [6.07, 6.45) is 0.703. The van der Waals surface area contributed by atoms with Crippen molar-refractivity contribution in [1.29, 1.82) is 0 Å². The lowest BCUT2D eigenvalue weighted by Gasteiger charge is -2.05. The van der Waals surface area contributed by atoms with Crippen LogP contribution in [0.1, 0.15) is 28.7 Å². The number of nitrogens with one attached hydrogen (secondary N) is 2. The van der Waals surface area contributed by atoms with E-state index < -0.39 is 0 Å². The molecule has 0 unspecified atom stereocenters. The lowest BCUT2D eigenvalue weighted by molar-refractivity contribution is 0.0946. The maximum Gasteiger partial charge on any atom is 0.274 e. The van der Waals surface area contributed by atoms with Crippen molar-refractivity contribution in [2.24, 2.45) is 0 Å². The number of nitrogens with two attached hydrogens (primary N) is 1. The molecule has 2 heterocycles. The fourth-order valence-electron chi connectivity index (χ4n) is 2.15. The van der Waals surface area contributed by atoms with Gasteiger partial charge in [0.25, 0.3) is 5.91 Å². The van der Waals surface area contributed by atoms with E-state index in [0.717, 1.165) is 11.3 Å². The van der Waals surface area contributed by atoms with Crippen molar-refractivity contribution in [2.75, 3.05) is 12.5 Å². The van der Waals surface area contributed by atoms with E-state index in [1.807, 2.05) is 25.1 Å². The third-order valence-electron chi connectivity index (χ3n) is 3.34. The minimum absolute atomic E-state index is 0.229. The number of rotatable bonds is 4. The van der Waals surface area contributed by atoms with Gasteiger partial charge in [0, 0.05) is 6.54 Å². The highest BCUT2D eigenvalue weighted by Gasteiger charge is 2.17. The van der Waals surface area contributed by atoms with Crippen molar-refractivity contribution in [3.8, 4) is 11.5 Å². The van der Waals surface area contributed by atoms with Crippen LogP contribution >= 0.6 is 0 Å². The molecule has 7 nitrogen and oxygen atoms in total. The summed E-state index contributed by atoms with van der Waals surface area (Å²) in [5.74, 6) is 1.10. The number of hydrogen-bond donors (Lipinski definition) is 3.